The molecule has 1 heterocycles. The first-order valence-corrected chi connectivity index (χ1v) is 6.67. The summed E-state index contributed by atoms with van der Waals surface area (Å²) in [6.45, 7) is 2.09. The smallest absolute Gasteiger partial charge is 0.127 e. The van der Waals surface area contributed by atoms with Gasteiger partial charge in [-0.1, -0.05) is 31.0 Å². The topological polar surface area (TPSA) is 43.8 Å². The second-order valence-corrected chi connectivity index (χ2v) is 5.17. The summed E-state index contributed by atoms with van der Waals surface area (Å²) in [5.41, 5.74) is 9.55. The Morgan fingerprint density at radius 3 is 2.67 bits per heavy atom. The van der Waals surface area contributed by atoms with Crippen LogP contribution in [-0.2, 0) is 0 Å². The minimum atomic E-state index is 0.609. The van der Waals surface area contributed by atoms with E-state index in [-0.39, 0.29) is 0 Å². The van der Waals surface area contributed by atoms with Crippen molar-refractivity contribution in [3.05, 3.63) is 41.6 Å². The molecule has 0 bridgehead atoms. The van der Waals surface area contributed by atoms with Crippen molar-refractivity contribution < 1.29 is 0 Å². The molecule has 3 heteroatoms. The predicted octanol–water partition coefficient (Wildman–Crippen LogP) is 3.42. The molecule has 0 saturated heterocycles. The van der Waals surface area contributed by atoms with Crippen molar-refractivity contribution in [2.75, 3.05) is 5.73 Å². The summed E-state index contributed by atoms with van der Waals surface area (Å²) in [7, 11) is 0. The molecular weight excluding hydrogens is 222 g/mol. The first kappa shape index (κ1) is 11.3. The maximum atomic E-state index is 6.11. The van der Waals surface area contributed by atoms with E-state index in [1.807, 2.05) is 22.9 Å². The SMILES string of the molecule is Cc1ccccc1-n1nc(C2CCCC2)cc1N. The molecule has 94 valence electrons. The maximum Gasteiger partial charge on any atom is 0.127 e. The Morgan fingerprint density at radius 2 is 1.94 bits per heavy atom. The lowest BCUT2D eigenvalue weighted by Gasteiger charge is -2.07. The van der Waals surface area contributed by atoms with Crippen molar-refractivity contribution in [1.82, 2.24) is 9.78 Å². The van der Waals surface area contributed by atoms with Gasteiger partial charge in [0.2, 0.25) is 0 Å². The van der Waals surface area contributed by atoms with Crippen LogP contribution >= 0.6 is 0 Å². The van der Waals surface area contributed by atoms with E-state index >= 15 is 0 Å². The van der Waals surface area contributed by atoms with Gasteiger partial charge in [-0.05, 0) is 31.4 Å². The lowest BCUT2D eigenvalue weighted by Crippen LogP contribution is -2.04. The van der Waals surface area contributed by atoms with Crippen LogP contribution in [0.15, 0.2) is 30.3 Å². The molecule has 0 atom stereocenters. The van der Waals surface area contributed by atoms with Crippen LogP contribution in [0.5, 0.6) is 0 Å². The van der Waals surface area contributed by atoms with Gasteiger partial charge in [-0.25, -0.2) is 4.68 Å². The summed E-state index contributed by atoms with van der Waals surface area (Å²) < 4.78 is 1.88. The third-order valence-electron chi connectivity index (χ3n) is 3.87. The molecule has 1 saturated carbocycles. The van der Waals surface area contributed by atoms with Crippen LogP contribution in [0.1, 0.15) is 42.9 Å². The number of benzene rings is 1. The number of nitrogen functional groups attached to an aromatic ring is 1. The highest BCUT2D eigenvalue weighted by molar-refractivity contribution is 5.47. The Morgan fingerprint density at radius 1 is 1.22 bits per heavy atom. The summed E-state index contributed by atoms with van der Waals surface area (Å²) in [6.07, 6.45) is 5.15. The largest absolute Gasteiger partial charge is 0.384 e. The third-order valence-corrected chi connectivity index (χ3v) is 3.87. The van der Waals surface area contributed by atoms with E-state index in [4.69, 9.17) is 10.8 Å². The van der Waals surface area contributed by atoms with Crippen molar-refractivity contribution in [3.8, 4) is 5.69 Å². The maximum absolute atomic E-state index is 6.11. The van der Waals surface area contributed by atoms with Gasteiger partial charge in [-0.2, -0.15) is 5.10 Å². The highest BCUT2D eigenvalue weighted by atomic mass is 15.3. The van der Waals surface area contributed by atoms with Crippen molar-refractivity contribution in [1.29, 1.82) is 0 Å². The average Bonchev–Trinajstić information content (AvgIpc) is 2.99. The number of para-hydroxylation sites is 1. The first-order valence-electron chi connectivity index (χ1n) is 6.67. The number of nitrogens with zero attached hydrogens (tertiary/aromatic N) is 2. The number of anilines is 1. The summed E-state index contributed by atoms with van der Waals surface area (Å²) in [5, 5.41) is 4.71. The molecule has 0 unspecified atom stereocenters. The number of aryl methyl sites for hydroxylation is 1. The molecule has 2 N–H and O–H groups in total. The molecule has 18 heavy (non-hydrogen) atoms. The van der Waals surface area contributed by atoms with Crippen LogP contribution in [0.2, 0.25) is 0 Å². The molecule has 1 aromatic carbocycles. The van der Waals surface area contributed by atoms with E-state index in [9.17, 15) is 0 Å². The molecule has 3 nitrogen and oxygen atoms in total. The second-order valence-electron chi connectivity index (χ2n) is 5.17. The Labute approximate surface area is 108 Å². The lowest BCUT2D eigenvalue weighted by atomic mass is 10.1. The summed E-state index contributed by atoms with van der Waals surface area (Å²) in [6, 6.07) is 10.3. The minimum Gasteiger partial charge on any atom is -0.384 e. The summed E-state index contributed by atoms with van der Waals surface area (Å²) in [5.74, 6) is 1.35. The van der Waals surface area contributed by atoms with Crippen LogP contribution in [0.25, 0.3) is 5.69 Å². The normalized spacial score (nSPS) is 16.3. The summed E-state index contributed by atoms with van der Waals surface area (Å²) in [4.78, 5) is 0. The molecular formula is C15H19N3. The van der Waals surface area contributed by atoms with Crippen molar-refractivity contribution >= 4 is 5.82 Å². The van der Waals surface area contributed by atoms with Gasteiger partial charge in [0.05, 0.1) is 11.4 Å². The van der Waals surface area contributed by atoms with E-state index in [0.717, 1.165) is 17.2 Å². The van der Waals surface area contributed by atoms with Crippen molar-refractivity contribution in [2.24, 2.45) is 0 Å². The van der Waals surface area contributed by atoms with Gasteiger partial charge in [-0.15, -0.1) is 0 Å². The predicted molar refractivity (Wildman–Crippen MR) is 73.9 cm³/mol. The first-order chi connectivity index (χ1) is 8.75. The molecule has 2 aromatic rings. The monoisotopic (exact) mass is 241 g/mol. The van der Waals surface area contributed by atoms with Gasteiger partial charge < -0.3 is 5.73 Å². The quantitative estimate of drug-likeness (QED) is 0.875. The van der Waals surface area contributed by atoms with E-state index in [1.165, 1.54) is 31.2 Å². The molecule has 1 aromatic heterocycles. The van der Waals surface area contributed by atoms with Crippen LogP contribution in [0.3, 0.4) is 0 Å². The van der Waals surface area contributed by atoms with E-state index < -0.39 is 0 Å². The van der Waals surface area contributed by atoms with Gasteiger partial charge >= 0.3 is 0 Å². The number of hydrogen-bond donors (Lipinski definition) is 1. The Balaban J connectivity index is 2.00. The molecule has 3 rings (SSSR count). The zero-order valence-electron chi connectivity index (χ0n) is 10.8. The van der Waals surface area contributed by atoms with Crippen LogP contribution < -0.4 is 5.73 Å². The fraction of sp³-hybridized carbons (Fsp3) is 0.400. The fourth-order valence-electron chi connectivity index (χ4n) is 2.83. The average molecular weight is 241 g/mol. The van der Waals surface area contributed by atoms with Gasteiger partial charge in [0.1, 0.15) is 5.82 Å². The Hall–Kier alpha value is -1.77. The molecule has 1 aliphatic rings. The van der Waals surface area contributed by atoms with E-state index in [0.29, 0.717) is 5.92 Å². The lowest BCUT2D eigenvalue weighted by molar-refractivity contribution is 0.679. The highest BCUT2D eigenvalue weighted by Gasteiger charge is 2.21. The number of nitrogens with two attached hydrogens (primary N) is 1. The highest BCUT2D eigenvalue weighted by Crippen LogP contribution is 2.34. The zero-order valence-corrected chi connectivity index (χ0v) is 10.8. The van der Waals surface area contributed by atoms with Crippen LogP contribution in [-0.4, -0.2) is 9.78 Å². The minimum absolute atomic E-state index is 0.609. The van der Waals surface area contributed by atoms with Crippen molar-refractivity contribution in [3.63, 3.8) is 0 Å². The van der Waals surface area contributed by atoms with Crippen LogP contribution in [0, 0.1) is 6.92 Å². The number of rotatable bonds is 2. The van der Waals surface area contributed by atoms with Gasteiger partial charge in [-0.3, -0.25) is 0 Å². The Bertz CT molecular complexity index is 551. The standard InChI is InChI=1S/C15H19N3/c1-11-6-2-5-9-14(11)18-15(16)10-13(17-18)12-7-3-4-8-12/h2,5-6,9-10,12H,3-4,7-8,16H2,1H3. The molecule has 0 spiro atoms. The summed E-state index contributed by atoms with van der Waals surface area (Å²) >= 11 is 0. The van der Waals surface area contributed by atoms with Crippen LogP contribution in [0.4, 0.5) is 5.82 Å². The number of aromatic nitrogens is 2. The molecule has 0 amide bonds. The van der Waals surface area contributed by atoms with E-state index in [1.54, 1.807) is 0 Å². The van der Waals surface area contributed by atoms with E-state index in [2.05, 4.69) is 19.1 Å². The molecule has 1 aliphatic carbocycles. The fourth-order valence-corrected chi connectivity index (χ4v) is 2.83. The van der Waals surface area contributed by atoms with Gasteiger partial charge in [0, 0.05) is 12.0 Å². The van der Waals surface area contributed by atoms with Gasteiger partial charge in [0.15, 0.2) is 0 Å². The molecule has 0 aliphatic heterocycles. The molecule has 0 radical (unpaired) electrons. The number of hydrogen-bond acceptors (Lipinski definition) is 2. The third kappa shape index (κ3) is 1.90. The molecule has 1 fully saturated rings. The van der Waals surface area contributed by atoms with Gasteiger partial charge in [0.25, 0.3) is 0 Å². The zero-order chi connectivity index (χ0) is 12.5. The van der Waals surface area contributed by atoms with Crippen molar-refractivity contribution in [2.45, 2.75) is 38.5 Å². The second kappa shape index (κ2) is 4.48. The Kier molecular flexibility index (Phi) is 2.82.